The first-order chi connectivity index (χ1) is 7.96. The molecule has 0 saturated carbocycles. The first-order valence-electron chi connectivity index (χ1n) is 6.07. The van der Waals surface area contributed by atoms with E-state index in [1.807, 2.05) is 32.9 Å². The quantitative estimate of drug-likeness (QED) is 0.815. The molecule has 1 aliphatic heterocycles. The number of carbonyl (C=O) groups is 1. The molecule has 2 rings (SSSR count). The molecule has 0 radical (unpaired) electrons. The van der Waals surface area contributed by atoms with Gasteiger partial charge in [-0.05, 0) is 37.5 Å². The second-order valence-corrected chi connectivity index (χ2v) is 5.63. The summed E-state index contributed by atoms with van der Waals surface area (Å²) >= 11 is 0. The third-order valence-corrected chi connectivity index (χ3v) is 2.85. The molecule has 1 amide bonds. The lowest BCUT2D eigenvalue weighted by Gasteiger charge is -2.20. The Hall–Kier alpha value is -1.35. The summed E-state index contributed by atoms with van der Waals surface area (Å²) in [5, 5.41) is 6.32. The molecule has 2 N–H and O–H groups in total. The molecular weight excluding hydrogens is 212 g/mol. The lowest BCUT2D eigenvalue weighted by molar-refractivity contribution is -0.121. The highest BCUT2D eigenvalue weighted by Crippen LogP contribution is 2.20. The number of amides is 1. The molecule has 0 fully saturated rings. The van der Waals surface area contributed by atoms with Crippen molar-refractivity contribution in [3.05, 3.63) is 34.9 Å². The van der Waals surface area contributed by atoms with Crippen molar-refractivity contribution in [1.82, 2.24) is 10.6 Å². The van der Waals surface area contributed by atoms with Crippen LogP contribution in [-0.4, -0.2) is 11.4 Å². The number of carbonyl (C=O) groups excluding carboxylic acids is 1. The molecule has 3 nitrogen and oxygen atoms in total. The third-order valence-electron chi connectivity index (χ3n) is 2.85. The van der Waals surface area contributed by atoms with E-state index in [1.165, 1.54) is 11.1 Å². The van der Waals surface area contributed by atoms with Crippen LogP contribution in [0.5, 0.6) is 0 Å². The molecule has 1 aromatic carbocycles. The fourth-order valence-electron chi connectivity index (χ4n) is 2.20. The second kappa shape index (κ2) is 4.49. The van der Waals surface area contributed by atoms with E-state index in [0.29, 0.717) is 6.42 Å². The second-order valence-electron chi connectivity index (χ2n) is 5.63. The molecule has 3 heteroatoms. The van der Waals surface area contributed by atoms with Crippen molar-refractivity contribution in [2.45, 2.75) is 45.8 Å². The molecule has 92 valence electrons. The minimum absolute atomic E-state index is 0.0952. The van der Waals surface area contributed by atoms with E-state index in [0.717, 1.165) is 18.7 Å². The molecule has 0 bridgehead atoms. The van der Waals surface area contributed by atoms with Crippen molar-refractivity contribution < 1.29 is 4.79 Å². The Morgan fingerprint density at radius 3 is 2.82 bits per heavy atom. The van der Waals surface area contributed by atoms with Gasteiger partial charge in [-0.25, -0.2) is 0 Å². The fourth-order valence-corrected chi connectivity index (χ4v) is 2.20. The van der Waals surface area contributed by atoms with E-state index in [2.05, 4.69) is 16.7 Å². The van der Waals surface area contributed by atoms with Gasteiger partial charge in [0, 0.05) is 18.6 Å². The van der Waals surface area contributed by atoms with E-state index in [9.17, 15) is 4.79 Å². The van der Waals surface area contributed by atoms with E-state index in [1.54, 1.807) is 0 Å². The number of nitrogens with one attached hydrogen (secondary N) is 2. The molecule has 1 heterocycles. The predicted octanol–water partition coefficient (Wildman–Crippen LogP) is 1.75. The van der Waals surface area contributed by atoms with Crippen LogP contribution >= 0.6 is 0 Å². The molecule has 17 heavy (non-hydrogen) atoms. The fraction of sp³-hybridized carbons (Fsp3) is 0.500. The van der Waals surface area contributed by atoms with Gasteiger partial charge >= 0.3 is 0 Å². The minimum Gasteiger partial charge on any atom is -0.351 e. The van der Waals surface area contributed by atoms with Gasteiger partial charge in [-0.2, -0.15) is 0 Å². The Kier molecular flexibility index (Phi) is 3.20. The van der Waals surface area contributed by atoms with Crippen LogP contribution in [0.15, 0.2) is 18.2 Å². The third kappa shape index (κ3) is 3.07. The zero-order valence-corrected chi connectivity index (χ0v) is 10.8. The average molecular weight is 232 g/mol. The van der Waals surface area contributed by atoms with Crippen LogP contribution in [0, 0.1) is 0 Å². The summed E-state index contributed by atoms with van der Waals surface area (Å²) in [6.07, 6.45) is 0.474. The van der Waals surface area contributed by atoms with Crippen molar-refractivity contribution in [1.29, 1.82) is 0 Å². The average Bonchev–Trinajstić information content (AvgIpc) is 2.63. The van der Waals surface area contributed by atoms with Gasteiger partial charge in [0.1, 0.15) is 0 Å². The van der Waals surface area contributed by atoms with Gasteiger partial charge in [0.15, 0.2) is 0 Å². The van der Waals surface area contributed by atoms with Crippen LogP contribution in [0.25, 0.3) is 0 Å². The molecule has 0 aromatic heterocycles. The zero-order chi connectivity index (χ0) is 12.5. The van der Waals surface area contributed by atoms with E-state index < -0.39 is 0 Å². The SMILES string of the molecule is CC(C)(C)NC(=O)Cc1cccc2c1CNC2. The van der Waals surface area contributed by atoms with Gasteiger partial charge in [0.2, 0.25) is 5.91 Å². The van der Waals surface area contributed by atoms with Crippen molar-refractivity contribution in [3.8, 4) is 0 Å². The number of benzene rings is 1. The van der Waals surface area contributed by atoms with Crippen molar-refractivity contribution in [3.63, 3.8) is 0 Å². The lowest BCUT2D eigenvalue weighted by Crippen LogP contribution is -2.41. The highest BCUT2D eigenvalue weighted by Gasteiger charge is 2.18. The number of fused-ring (bicyclic) bond motifs is 1. The van der Waals surface area contributed by atoms with Crippen LogP contribution in [0.4, 0.5) is 0 Å². The van der Waals surface area contributed by atoms with Gasteiger partial charge < -0.3 is 10.6 Å². The maximum absolute atomic E-state index is 11.9. The maximum Gasteiger partial charge on any atom is 0.224 e. The Morgan fingerprint density at radius 1 is 1.35 bits per heavy atom. The van der Waals surface area contributed by atoms with Crippen LogP contribution in [-0.2, 0) is 24.3 Å². The van der Waals surface area contributed by atoms with Gasteiger partial charge in [-0.3, -0.25) is 4.79 Å². The molecule has 0 saturated heterocycles. The lowest BCUT2D eigenvalue weighted by atomic mass is 10.00. The van der Waals surface area contributed by atoms with E-state index >= 15 is 0 Å². The number of hydrogen-bond acceptors (Lipinski definition) is 2. The normalized spacial score (nSPS) is 14.5. The molecule has 1 aliphatic rings. The van der Waals surface area contributed by atoms with Crippen molar-refractivity contribution in [2.75, 3.05) is 0 Å². The number of hydrogen-bond donors (Lipinski definition) is 2. The summed E-state index contributed by atoms with van der Waals surface area (Å²) in [4.78, 5) is 11.9. The highest BCUT2D eigenvalue weighted by molar-refractivity contribution is 5.79. The van der Waals surface area contributed by atoms with E-state index in [-0.39, 0.29) is 11.4 Å². The molecule has 0 aliphatic carbocycles. The van der Waals surface area contributed by atoms with Gasteiger partial charge in [-0.15, -0.1) is 0 Å². The summed E-state index contributed by atoms with van der Waals surface area (Å²) in [7, 11) is 0. The summed E-state index contributed by atoms with van der Waals surface area (Å²) < 4.78 is 0. The van der Waals surface area contributed by atoms with Gasteiger partial charge in [0.05, 0.1) is 6.42 Å². The summed E-state index contributed by atoms with van der Waals surface area (Å²) in [5.41, 5.74) is 3.62. The molecule has 0 unspecified atom stereocenters. The molecule has 0 spiro atoms. The standard InChI is InChI=1S/C14H20N2O/c1-14(2,3)16-13(17)7-10-5-4-6-11-8-15-9-12(10)11/h4-6,15H,7-9H2,1-3H3,(H,16,17). The van der Waals surface area contributed by atoms with Crippen LogP contribution < -0.4 is 10.6 Å². The zero-order valence-electron chi connectivity index (χ0n) is 10.8. The van der Waals surface area contributed by atoms with Gasteiger partial charge in [0.25, 0.3) is 0 Å². The molecular formula is C14H20N2O. The summed E-state index contributed by atoms with van der Waals surface area (Å²) in [6.45, 7) is 7.81. The molecule has 1 aromatic rings. The smallest absolute Gasteiger partial charge is 0.224 e. The Labute approximate surface area is 103 Å². The van der Waals surface area contributed by atoms with Crippen molar-refractivity contribution in [2.24, 2.45) is 0 Å². The summed E-state index contributed by atoms with van der Waals surface area (Å²) in [5.74, 6) is 0.0952. The van der Waals surface area contributed by atoms with Crippen LogP contribution in [0.1, 0.15) is 37.5 Å². The van der Waals surface area contributed by atoms with Gasteiger partial charge in [-0.1, -0.05) is 18.2 Å². The topological polar surface area (TPSA) is 41.1 Å². The first-order valence-corrected chi connectivity index (χ1v) is 6.07. The Morgan fingerprint density at radius 2 is 2.12 bits per heavy atom. The highest BCUT2D eigenvalue weighted by atomic mass is 16.1. The van der Waals surface area contributed by atoms with E-state index in [4.69, 9.17) is 0 Å². The maximum atomic E-state index is 11.9. The Bertz CT molecular complexity index is 432. The van der Waals surface area contributed by atoms with Crippen molar-refractivity contribution >= 4 is 5.91 Å². The minimum atomic E-state index is -0.159. The first kappa shape index (κ1) is 12.1. The molecule has 0 atom stereocenters. The van der Waals surface area contributed by atoms with Crippen LogP contribution in [0.3, 0.4) is 0 Å². The monoisotopic (exact) mass is 232 g/mol. The summed E-state index contributed by atoms with van der Waals surface area (Å²) in [6, 6.07) is 6.21. The number of rotatable bonds is 2. The Balaban J connectivity index is 2.10. The largest absolute Gasteiger partial charge is 0.351 e. The van der Waals surface area contributed by atoms with Crippen LogP contribution in [0.2, 0.25) is 0 Å². The predicted molar refractivity (Wildman–Crippen MR) is 68.6 cm³/mol.